The highest BCUT2D eigenvalue weighted by atomic mass is 16.5. The molecule has 1 saturated heterocycles. The third-order valence-corrected chi connectivity index (χ3v) is 2.84. The summed E-state index contributed by atoms with van der Waals surface area (Å²) in [5.74, 6) is 0.0914. The second-order valence-electron chi connectivity index (χ2n) is 4.73. The molecule has 0 unspecified atom stereocenters. The summed E-state index contributed by atoms with van der Waals surface area (Å²) in [6, 6.07) is 0.339. The monoisotopic (exact) mass is 214 g/mol. The van der Waals surface area contributed by atoms with Crippen LogP contribution in [0.2, 0.25) is 0 Å². The Balaban J connectivity index is 2.28. The van der Waals surface area contributed by atoms with Crippen molar-refractivity contribution in [2.45, 2.75) is 44.8 Å². The number of hydrogen-bond donors (Lipinski definition) is 2. The standard InChI is InChI=1S/C11H22N2O2/c1-11(2,15-3)8-10(14)13-9-4-6-12-7-5-9/h9,12H,4-8H2,1-3H3,(H,13,14). The van der Waals surface area contributed by atoms with Crippen LogP contribution in [-0.2, 0) is 9.53 Å². The first-order chi connectivity index (χ1) is 7.03. The largest absolute Gasteiger partial charge is 0.378 e. The van der Waals surface area contributed by atoms with Crippen LogP contribution in [0.15, 0.2) is 0 Å². The number of hydrogen-bond acceptors (Lipinski definition) is 3. The molecule has 0 radical (unpaired) electrons. The highest BCUT2D eigenvalue weighted by molar-refractivity contribution is 5.77. The van der Waals surface area contributed by atoms with Crippen LogP contribution in [-0.4, -0.2) is 37.7 Å². The molecule has 0 aromatic carbocycles. The van der Waals surface area contributed by atoms with Crippen LogP contribution in [0, 0.1) is 0 Å². The SMILES string of the molecule is COC(C)(C)CC(=O)NC1CCNCC1. The number of carbonyl (C=O) groups excluding carboxylic acids is 1. The summed E-state index contributed by atoms with van der Waals surface area (Å²) in [4.78, 5) is 11.7. The van der Waals surface area contributed by atoms with E-state index in [-0.39, 0.29) is 11.5 Å². The summed E-state index contributed by atoms with van der Waals surface area (Å²) in [7, 11) is 1.64. The fraction of sp³-hybridized carbons (Fsp3) is 0.909. The van der Waals surface area contributed by atoms with E-state index < -0.39 is 0 Å². The van der Waals surface area contributed by atoms with Gasteiger partial charge in [0.05, 0.1) is 12.0 Å². The summed E-state index contributed by atoms with van der Waals surface area (Å²) in [5, 5.41) is 6.32. The molecule has 0 saturated carbocycles. The molecule has 0 aromatic heterocycles. The molecule has 0 atom stereocenters. The lowest BCUT2D eigenvalue weighted by molar-refractivity contribution is -0.127. The van der Waals surface area contributed by atoms with Gasteiger partial charge in [0.2, 0.25) is 5.91 Å². The summed E-state index contributed by atoms with van der Waals surface area (Å²) in [5.41, 5.74) is -0.364. The van der Waals surface area contributed by atoms with Crippen LogP contribution in [0.3, 0.4) is 0 Å². The Hall–Kier alpha value is -0.610. The average molecular weight is 214 g/mol. The van der Waals surface area contributed by atoms with Crippen LogP contribution < -0.4 is 10.6 Å². The van der Waals surface area contributed by atoms with Crippen molar-refractivity contribution in [1.82, 2.24) is 10.6 Å². The van der Waals surface area contributed by atoms with Gasteiger partial charge in [0, 0.05) is 13.2 Å². The Morgan fingerprint density at radius 2 is 2.07 bits per heavy atom. The van der Waals surface area contributed by atoms with Crippen molar-refractivity contribution in [3.63, 3.8) is 0 Å². The first-order valence-electron chi connectivity index (χ1n) is 5.59. The van der Waals surface area contributed by atoms with Crippen molar-refractivity contribution in [3.05, 3.63) is 0 Å². The second kappa shape index (κ2) is 5.47. The first-order valence-corrected chi connectivity index (χ1v) is 5.59. The maximum atomic E-state index is 11.7. The molecule has 15 heavy (non-hydrogen) atoms. The van der Waals surface area contributed by atoms with Crippen LogP contribution >= 0.6 is 0 Å². The van der Waals surface area contributed by atoms with Gasteiger partial charge in [0.25, 0.3) is 0 Å². The second-order valence-corrected chi connectivity index (χ2v) is 4.73. The van der Waals surface area contributed by atoms with Gasteiger partial charge in [-0.25, -0.2) is 0 Å². The number of nitrogens with one attached hydrogen (secondary N) is 2. The molecule has 1 amide bonds. The molecule has 88 valence electrons. The van der Waals surface area contributed by atoms with Crippen molar-refractivity contribution >= 4 is 5.91 Å². The van der Waals surface area contributed by atoms with Gasteiger partial charge in [-0.15, -0.1) is 0 Å². The third kappa shape index (κ3) is 4.62. The van der Waals surface area contributed by atoms with Gasteiger partial charge in [-0.1, -0.05) is 0 Å². The third-order valence-electron chi connectivity index (χ3n) is 2.84. The van der Waals surface area contributed by atoms with Crippen LogP contribution in [0.5, 0.6) is 0 Å². The maximum Gasteiger partial charge on any atom is 0.223 e. The molecular formula is C11H22N2O2. The fourth-order valence-electron chi connectivity index (χ4n) is 1.70. The molecule has 1 aliphatic rings. The Labute approximate surface area is 91.8 Å². The van der Waals surface area contributed by atoms with Crippen LogP contribution in [0.4, 0.5) is 0 Å². The fourth-order valence-corrected chi connectivity index (χ4v) is 1.70. The van der Waals surface area contributed by atoms with Crippen molar-refractivity contribution in [2.24, 2.45) is 0 Å². The predicted octanol–water partition coefficient (Wildman–Crippen LogP) is 0.670. The normalized spacial score (nSPS) is 18.9. The quantitative estimate of drug-likeness (QED) is 0.723. The molecule has 4 nitrogen and oxygen atoms in total. The van der Waals surface area contributed by atoms with Gasteiger partial charge >= 0.3 is 0 Å². The van der Waals surface area contributed by atoms with Crippen molar-refractivity contribution in [2.75, 3.05) is 20.2 Å². The number of rotatable bonds is 4. The Morgan fingerprint density at radius 1 is 1.47 bits per heavy atom. The maximum absolute atomic E-state index is 11.7. The number of piperidine rings is 1. The van der Waals surface area contributed by atoms with Gasteiger partial charge in [-0.05, 0) is 39.8 Å². The van der Waals surface area contributed by atoms with Crippen molar-refractivity contribution in [3.8, 4) is 0 Å². The Bertz CT molecular complexity index is 211. The molecule has 0 spiro atoms. The molecular weight excluding hydrogens is 192 g/mol. The van der Waals surface area contributed by atoms with Crippen molar-refractivity contribution in [1.29, 1.82) is 0 Å². The highest BCUT2D eigenvalue weighted by Crippen LogP contribution is 2.13. The van der Waals surface area contributed by atoms with Gasteiger partial charge in [0.1, 0.15) is 0 Å². The van der Waals surface area contributed by atoms with Gasteiger partial charge in [-0.2, -0.15) is 0 Å². The van der Waals surface area contributed by atoms with E-state index in [0.29, 0.717) is 12.5 Å². The van der Waals surface area contributed by atoms with E-state index in [0.717, 1.165) is 25.9 Å². The summed E-state index contributed by atoms with van der Waals surface area (Å²) in [6.45, 7) is 5.85. The van der Waals surface area contributed by atoms with E-state index in [1.54, 1.807) is 7.11 Å². The molecule has 0 aliphatic carbocycles. The molecule has 2 N–H and O–H groups in total. The highest BCUT2D eigenvalue weighted by Gasteiger charge is 2.23. The molecule has 1 heterocycles. The first kappa shape index (κ1) is 12.5. The number of ether oxygens (including phenoxy) is 1. The Kier molecular flexibility index (Phi) is 4.54. The van der Waals surface area contributed by atoms with Crippen LogP contribution in [0.25, 0.3) is 0 Å². The summed E-state index contributed by atoms with van der Waals surface area (Å²) < 4.78 is 5.22. The van der Waals surface area contributed by atoms with E-state index in [9.17, 15) is 4.79 Å². The molecule has 0 bridgehead atoms. The van der Waals surface area contributed by atoms with E-state index in [1.807, 2.05) is 13.8 Å². The van der Waals surface area contributed by atoms with Gasteiger partial charge < -0.3 is 15.4 Å². The molecule has 0 aromatic rings. The lowest BCUT2D eigenvalue weighted by Crippen LogP contribution is -2.44. The number of methoxy groups -OCH3 is 1. The molecule has 1 aliphatic heterocycles. The van der Waals surface area contributed by atoms with Gasteiger partial charge in [0.15, 0.2) is 0 Å². The Morgan fingerprint density at radius 3 is 2.60 bits per heavy atom. The number of carbonyl (C=O) groups is 1. The lowest BCUT2D eigenvalue weighted by Gasteiger charge is -2.27. The molecule has 1 rings (SSSR count). The topological polar surface area (TPSA) is 50.4 Å². The smallest absolute Gasteiger partial charge is 0.223 e. The molecule has 1 fully saturated rings. The van der Waals surface area contributed by atoms with Gasteiger partial charge in [-0.3, -0.25) is 4.79 Å². The number of amides is 1. The average Bonchev–Trinajstić information content (AvgIpc) is 2.18. The minimum absolute atomic E-state index is 0.0914. The summed E-state index contributed by atoms with van der Waals surface area (Å²) >= 11 is 0. The zero-order valence-corrected chi connectivity index (χ0v) is 9.93. The summed E-state index contributed by atoms with van der Waals surface area (Å²) in [6.07, 6.45) is 2.48. The minimum atomic E-state index is -0.364. The molecule has 4 heteroatoms. The van der Waals surface area contributed by atoms with Crippen molar-refractivity contribution < 1.29 is 9.53 Å². The zero-order valence-electron chi connectivity index (χ0n) is 9.93. The van der Waals surface area contributed by atoms with E-state index in [4.69, 9.17) is 4.74 Å². The van der Waals surface area contributed by atoms with E-state index in [2.05, 4.69) is 10.6 Å². The van der Waals surface area contributed by atoms with E-state index >= 15 is 0 Å². The lowest BCUT2D eigenvalue weighted by atomic mass is 10.0. The van der Waals surface area contributed by atoms with Crippen LogP contribution in [0.1, 0.15) is 33.1 Å². The predicted molar refractivity (Wildman–Crippen MR) is 59.7 cm³/mol. The minimum Gasteiger partial charge on any atom is -0.378 e. The van der Waals surface area contributed by atoms with E-state index in [1.165, 1.54) is 0 Å². The zero-order chi connectivity index (χ0) is 11.3.